The molecule has 0 radical (unpaired) electrons. The van der Waals surface area contributed by atoms with E-state index in [1.165, 1.54) is 11.8 Å². The smallest absolute Gasteiger partial charge is 0.321 e. The van der Waals surface area contributed by atoms with Crippen molar-refractivity contribution < 1.29 is 14.3 Å². The summed E-state index contributed by atoms with van der Waals surface area (Å²) in [5, 5.41) is 0.534. The zero-order valence-electron chi connectivity index (χ0n) is 12.5. The van der Waals surface area contributed by atoms with Crippen LogP contribution in [0.5, 0.6) is 11.5 Å². The highest BCUT2D eigenvalue weighted by Gasteiger charge is 2.06. The summed E-state index contributed by atoms with van der Waals surface area (Å²) in [6, 6.07) is 14.3. The fourth-order valence-electron chi connectivity index (χ4n) is 1.66. The number of esters is 1. The highest BCUT2D eigenvalue weighted by atomic mass is 35.5. The Bertz CT molecular complexity index is 717. The van der Waals surface area contributed by atoms with Gasteiger partial charge in [0.05, 0.1) is 5.75 Å². The average molecular weight is 347 g/mol. The highest BCUT2D eigenvalue weighted by molar-refractivity contribution is 8.00. The second-order valence-electron chi connectivity index (χ2n) is 4.41. The molecule has 0 aliphatic heterocycles. The Balaban J connectivity index is 1.80. The molecule has 23 heavy (non-hydrogen) atoms. The molecule has 0 aromatic heterocycles. The molecule has 2 aromatic carbocycles. The van der Waals surface area contributed by atoms with Crippen molar-refractivity contribution >= 4 is 29.3 Å². The molecule has 0 atom stereocenters. The van der Waals surface area contributed by atoms with E-state index in [1.807, 2.05) is 24.3 Å². The second kappa shape index (κ2) is 9.14. The van der Waals surface area contributed by atoms with E-state index in [-0.39, 0.29) is 11.7 Å². The largest absolute Gasteiger partial charge is 0.481 e. The Morgan fingerprint density at radius 2 is 1.96 bits per heavy atom. The van der Waals surface area contributed by atoms with Crippen molar-refractivity contribution in [3.63, 3.8) is 0 Å². The first-order valence-corrected chi connectivity index (χ1v) is 8.25. The summed E-state index contributed by atoms with van der Waals surface area (Å²) in [6.45, 7) is 2.14. The Morgan fingerprint density at radius 1 is 1.17 bits per heavy atom. The zero-order valence-corrected chi connectivity index (χ0v) is 14.1. The molecule has 0 bridgehead atoms. The fraction of sp³-hybridized carbons (Fsp3) is 0.167. The minimum Gasteiger partial charge on any atom is -0.481 e. The predicted octanol–water partition coefficient (Wildman–Crippen LogP) is 4.44. The minimum absolute atomic E-state index is 0.216. The number of hydrogen-bond acceptors (Lipinski definition) is 4. The van der Waals surface area contributed by atoms with Gasteiger partial charge >= 0.3 is 5.97 Å². The van der Waals surface area contributed by atoms with Crippen LogP contribution < -0.4 is 9.47 Å². The monoisotopic (exact) mass is 346 g/mol. The maximum atomic E-state index is 11.8. The molecule has 118 valence electrons. The summed E-state index contributed by atoms with van der Waals surface area (Å²) in [6.07, 6.45) is 0. The molecule has 2 aromatic rings. The molecule has 0 saturated heterocycles. The lowest BCUT2D eigenvalue weighted by Gasteiger charge is -2.06. The van der Waals surface area contributed by atoms with E-state index in [0.29, 0.717) is 17.4 Å². The fourth-order valence-corrected chi connectivity index (χ4v) is 2.51. The molecule has 0 heterocycles. The first-order valence-electron chi connectivity index (χ1n) is 6.89. The number of carbonyl (C=O) groups excluding carboxylic acids is 1. The number of benzene rings is 2. The van der Waals surface area contributed by atoms with Crippen molar-refractivity contribution in [2.24, 2.45) is 0 Å². The Hall–Kier alpha value is -2.09. The van der Waals surface area contributed by atoms with Crippen molar-refractivity contribution in [2.45, 2.75) is 11.8 Å². The maximum Gasteiger partial charge on any atom is 0.321 e. The number of ether oxygens (including phenoxy) is 2. The standard InChI is InChI=1S/C18H15ClO3S/c1-2-3-11-21-15-7-9-17(10-8-15)23-13-18(20)22-16-6-4-5-14(19)12-16/h4-10,12H,11,13H2,1H3. The first kappa shape index (κ1) is 17.3. The molecule has 3 nitrogen and oxygen atoms in total. The molecule has 0 aliphatic rings. The van der Waals surface area contributed by atoms with Crippen LogP contribution in [0.2, 0.25) is 5.02 Å². The van der Waals surface area contributed by atoms with Crippen LogP contribution in [0.3, 0.4) is 0 Å². The molecule has 0 spiro atoms. The highest BCUT2D eigenvalue weighted by Crippen LogP contribution is 2.22. The summed E-state index contributed by atoms with van der Waals surface area (Å²) < 4.78 is 10.7. The number of thioether (sulfide) groups is 1. The third kappa shape index (κ3) is 6.27. The molecular weight excluding hydrogens is 332 g/mol. The lowest BCUT2D eigenvalue weighted by Crippen LogP contribution is -2.10. The molecule has 2 rings (SSSR count). The number of hydrogen-bond donors (Lipinski definition) is 0. The van der Waals surface area contributed by atoms with E-state index >= 15 is 0 Å². The summed E-state index contributed by atoms with van der Waals surface area (Å²) in [5.74, 6) is 6.69. The van der Waals surface area contributed by atoms with Crippen LogP contribution in [0.1, 0.15) is 6.92 Å². The molecule has 0 N–H and O–H groups in total. The van der Waals surface area contributed by atoms with Crippen LogP contribution in [0.4, 0.5) is 0 Å². The van der Waals surface area contributed by atoms with Gasteiger partial charge < -0.3 is 9.47 Å². The van der Waals surface area contributed by atoms with E-state index in [2.05, 4.69) is 11.8 Å². The van der Waals surface area contributed by atoms with Gasteiger partial charge in [-0.25, -0.2) is 0 Å². The number of rotatable bonds is 6. The first-order chi connectivity index (χ1) is 11.2. The van der Waals surface area contributed by atoms with Crippen LogP contribution in [-0.2, 0) is 4.79 Å². The van der Waals surface area contributed by atoms with Gasteiger partial charge in [-0.15, -0.1) is 17.7 Å². The SMILES string of the molecule is CC#CCOc1ccc(SCC(=O)Oc2cccc(Cl)c2)cc1. The van der Waals surface area contributed by atoms with Gasteiger partial charge in [0.2, 0.25) is 0 Å². The van der Waals surface area contributed by atoms with Crippen molar-refractivity contribution in [1.82, 2.24) is 0 Å². The average Bonchev–Trinajstić information content (AvgIpc) is 2.54. The van der Waals surface area contributed by atoms with Crippen LogP contribution >= 0.6 is 23.4 Å². The predicted molar refractivity (Wildman–Crippen MR) is 93.2 cm³/mol. The molecule has 0 unspecified atom stereocenters. The van der Waals surface area contributed by atoms with Gasteiger partial charge in [0.1, 0.15) is 18.1 Å². The van der Waals surface area contributed by atoms with Crippen LogP contribution in [-0.4, -0.2) is 18.3 Å². The van der Waals surface area contributed by atoms with Gasteiger partial charge in [0, 0.05) is 9.92 Å². The normalized spacial score (nSPS) is 9.65. The topological polar surface area (TPSA) is 35.5 Å². The van der Waals surface area contributed by atoms with Gasteiger partial charge in [-0.2, -0.15) is 0 Å². The van der Waals surface area contributed by atoms with Gasteiger partial charge in [0.25, 0.3) is 0 Å². The van der Waals surface area contributed by atoms with E-state index in [1.54, 1.807) is 31.2 Å². The zero-order chi connectivity index (χ0) is 16.5. The Morgan fingerprint density at radius 3 is 2.65 bits per heavy atom. The van der Waals surface area contributed by atoms with Gasteiger partial charge in [-0.05, 0) is 49.4 Å². The maximum absolute atomic E-state index is 11.8. The third-order valence-electron chi connectivity index (χ3n) is 2.70. The summed E-state index contributed by atoms with van der Waals surface area (Å²) in [7, 11) is 0. The lowest BCUT2D eigenvalue weighted by molar-refractivity contribution is -0.131. The molecule has 0 aliphatic carbocycles. The quantitative estimate of drug-likeness (QED) is 0.335. The summed E-state index contributed by atoms with van der Waals surface area (Å²) in [5.41, 5.74) is 0. The summed E-state index contributed by atoms with van der Waals surface area (Å²) >= 11 is 7.24. The van der Waals surface area contributed by atoms with Crippen molar-refractivity contribution in [3.8, 4) is 23.3 Å². The van der Waals surface area contributed by atoms with E-state index in [4.69, 9.17) is 21.1 Å². The number of halogens is 1. The van der Waals surface area contributed by atoms with Crippen LogP contribution in [0.15, 0.2) is 53.4 Å². The molecular formula is C18H15ClO3S. The molecule has 0 amide bonds. The van der Waals surface area contributed by atoms with Crippen molar-refractivity contribution in [1.29, 1.82) is 0 Å². The minimum atomic E-state index is -0.323. The van der Waals surface area contributed by atoms with Crippen LogP contribution in [0, 0.1) is 11.8 Å². The van der Waals surface area contributed by atoms with Gasteiger partial charge in [-0.1, -0.05) is 23.6 Å². The van der Waals surface area contributed by atoms with Gasteiger partial charge in [-0.3, -0.25) is 4.79 Å². The second-order valence-corrected chi connectivity index (χ2v) is 5.89. The number of carbonyl (C=O) groups is 1. The van der Waals surface area contributed by atoms with Gasteiger partial charge in [0.15, 0.2) is 0 Å². The van der Waals surface area contributed by atoms with E-state index < -0.39 is 0 Å². The Labute approximate surface area is 144 Å². The summed E-state index contributed by atoms with van der Waals surface area (Å²) in [4.78, 5) is 12.8. The lowest BCUT2D eigenvalue weighted by atomic mass is 10.3. The van der Waals surface area contributed by atoms with E-state index in [9.17, 15) is 4.79 Å². The Kier molecular flexibility index (Phi) is 6.86. The van der Waals surface area contributed by atoms with E-state index in [0.717, 1.165) is 10.6 Å². The van der Waals surface area contributed by atoms with Crippen molar-refractivity contribution in [2.75, 3.05) is 12.4 Å². The molecule has 0 saturated carbocycles. The third-order valence-corrected chi connectivity index (χ3v) is 3.92. The molecule has 5 heteroatoms. The molecule has 0 fully saturated rings. The van der Waals surface area contributed by atoms with Crippen LogP contribution in [0.25, 0.3) is 0 Å². The van der Waals surface area contributed by atoms with Crippen molar-refractivity contribution in [3.05, 3.63) is 53.6 Å².